The van der Waals surface area contributed by atoms with Crippen molar-refractivity contribution in [2.75, 3.05) is 13.2 Å². The first-order valence-electron chi connectivity index (χ1n) is 10.3. The molecule has 0 spiro atoms. The van der Waals surface area contributed by atoms with Crippen LogP contribution in [-0.2, 0) is 9.68 Å². The molecule has 0 saturated heterocycles. The minimum absolute atomic E-state index is 0.125. The molecule has 0 aliphatic rings. The Balaban J connectivity index is 0. The highest BCUT2D eigenvalue weighted by atomic mass is 17.1. The molecule has 25 heavy (non-hydrogen) atoms. The van der Waals surface area contributed by atoms with Crippen molar-refractivity contribution >= 4 is 5.97 Å². The van der Waals surface area contributed by atoms with Gasteiger partial charge in [-0.1, -0.05) is 96.8 Å². The second-order valence-electron chi connectivity index (χ2n) is 6.61. The standard InChI is InChI=1S/C18H36O3.C2H6O2/c1-2-3-4-5-6-7-8-9-10-11-12-13-14-15-16-17-18(19)21-20;3-1-2-4/h20H,2-17H2,1H3;3-4H,1-2H2. The van der Waals surface area contributed by atoms with Crippen molar-refractivity contribution in [3.8, 4) is 0 Å². The van der Waals surface area contributed by atoms with E-state index in [-0.39, 0.29) is 13.2 Å². The van der Waals surface area contributed by atoms with Gasteiger partial charge < -0.3 is 15.1 Å². The van der Waals surface area contributed by atoms with Crippen LogP contribution in [0.3, 0.4) is 0 Å². The van der Waals surface area contributed by atoms with E-state index in [9.17, 15) is 4.79 Å². The molecule has 0 saturated carbocycles. The SMILES string of the molecule is CCCCCCCCCCCCCCCCCC(=O)OO.OCCO. The van der Waals surface area contributed by atoms with Crippen molar-refractivity contribution in [2.45, 2.75) is 110 Å². The Morgan fingerprint density at radius 1 is 0.640 bits per heavy atom. The molecule has 0 rings (SSSR count). The van der Waals surface area contributed by atoms with Crippen LogP contribution in [0.25, 0.3) is 0 Å². The number of hydrogen-bond donors (Lipinski definition) is 3. The van der Waals surface area contributed by atoms with Crippen molar-refractivity contribution in [3.05, 3.63) is 0 Å². The maximum absolute atomic E-state index is 10.7. The summed E-state index contributed by atoms with van der Waals surface area (Å²) in [5.41, 5.74) is 0. The Kier molecular flexibility index (Phi) is 27.2. The summed E-state index contributed by atoms with van der Waals surface area (Å²) in [7, 11) is 0. The first kappa shape index (κ1) is 26.6. The summed E-state index contributed by atoms with van der Waals surface area (Å²) in [6, 6.07) is 0. The molecule has 0 heterocycles. The predicted octanol–water partition coefficient (Wildman–Crippen LogP) is 5.24. The van der Waals surface area contributed by atoms with Crippen LogP contribution in [0.4, 0.5) is 0 Å². The molecule has 0 aromatic heterocycles. The Labute approximate surface area is 154 Å². The zero-order valence-corrected chi connectivity index (χ0v) is 16.4. The van der Waals surface area contributed by atoms with E-state index in [4.69, 9.17) is 15.5 Å². The lowest BCUT2D eigenvalue weighted by molar-refractivity contribution is -0.234. The van der Waals surface area contributed by atoms with Crippen LogP contribution in [0, 0.1) is 0 Å². The van der Waals surface area contributed by atoms with Gasteiger partial charge in [0, 0.05) is 6.42 Å². The van der Waals surface area contributed by atoms with Gasteiger partial charge in [-0.3, -0.25) is 0 Å². The number of rotatable bonds is 17. The van der Waals surface area contributed by atoms with Gasteiger partial charge in [-0.05, 0) is 6.42 Å². The minimum atomic E-state index is -0.510. The summed E-state index contributed by atoms with van der Waals surface area (Å²) in [5.74, 6) is -0.510. The van der Waals surface area contributed by atoms with Crippen molar-refractivity contribution in [1.82, 2.24) is 0 Å². The average Bonchev–Trinajstić information content (AvgIpc) is 2.64. The molecule has 0 fully saturated rings. The van der Waals surface area contributed by atoms with Crippen molar-refractivity contribution in [3.63, 3.8) is 0 Å². The van der Waals surface area contributed by atoms with E-state index in [2.05, 4.69) is 11.8 Å². The molecule has 0 aliphatic carbocycles. The molecule has 0 atom stereocenters. The molecular formula is C20H42O5. The summed E-state index contributed by atoms with van der Waals surface area (Å²) in [4.78, 5) is 14.3. The van der Waals surface area contributed by atoms with Crippen LogP contribution in [0.1, 0.15) is 110 Å². The fraction of sp³-hybridized carbons (Fsp3) is 0.950. The lowest BCUT2D eigenvalue weighted by Gasteiger charge is -2.03. The van der Waals surface area contributed by atoms with Crippen LogP contribution < -0.4 is 0 Å². The molecule has 0 aliphatic heterocycles. The lowest BCUT2D eigenvalue weighted by atomic mass is 10.0. The van der Waals surface area contributed by atoms with E-state index in [1.807, 2.05) is 0 Å². The Hall–Kier alpha value is -0.650. The Morgan fingerprint density at radius 2 is 0.960 bits per heavy atom. The summed E-state index contributed by atoms with van der Waals surface area (Å²) < 4.78 is 0. The van der Waals surface area contributed by atoms with E-state index in [1.165, 1.54) is 83.5 Å². The van der Waals surface area contributed by atoms with Gasteiger partial charge in [0.25, 0.3) is 0 Å². The highest BCUT2D eigenvalue weighted by Crippen LogP contribution is 2.13. The van der Waals surface area contributed by atoms with Gasteiger partial charge in [-0.15, -0.1) is 0 Å². The third-order valence-corrected chi connectivity index (χ3v) is 4.19. The Morgan fingerprint density at radius 3 is 1.24 bits per heavy atom. The summed E-state index contributed by atoms with van der Waals surface area (Å²) in [5, 5.41) is 23.4. The molecule has 5 heteroatoms. The molecule has 0 aromatic rings. The zero-order valence-electron chi connectivity index (χ0n) is 16.4. The number of aliphatic hydroxyl groups is 2. The Bertz CT molecular complexity index is 244. The predicted molar refractivity (Wildman–Crippen MR) is 102 cm³/mol. The van der Waals surface area contributed by atoms with Crippen molar-refractivity contribution in [2.24, 2.45) is 0 Å². The maximum atomic E-state index is 10.7. The van der Waals surface area contributed by atoms with Gasteiger partial charge >= 0.3 is 5.97 Å². The number of hydrogen-bond acceptors (Lipinski definition) is 5. The monoisotopic (exact) mass is 362 g/mol. The smallest absolute Gasteiger partial charge is 0.342 e. The van der Waals surface area contributed by atoms with E-state index < -0.39 is 5.97 Å². The quantitative estimate of drug-likeness (QED) is 0.187. The fourth-order valence-electron chi connectivity index (χ4n) is 2.69. The molecule has 0 amide bonds. The first-order chi connectivity index (χ1) is 12.2. The van der Waals surface area contributed by atoms with E-state index in [0.29, 0.717) is 6.42 Å². The molecule has 0 radical (unpaired) electrons. The molecule has 0 unspecified atom stereocenters. The number of unbranched alkanes of at least 4 members (excludes halogenated alkanes) is 14. The van der Waals surface area contributed by atoms with Gasteiger partial charge in [0.05, 0.1) is 13.2 Å². The minimum Gasteiger partial charge on any atom is -0.394 e. The normalized spacial score (nSPS) is 10.2. The van der Waals surface area contributed by atoms with Crippen LogP contribution >= 0.6 is 0 Å². The first-order valence-corrected chi connectivity index (χ1v) is 10.3. The van der Waals surface area contributed by atoms with E-state index in [0.717, 1.165) is 12.8 Å². The highest BCUT2D eigenvalue weighted by Gasteiger charge is 2.00. The van der Waals surface area contributed by atoms with Gasteiger partial charge in [0.2, 0.25) is 0 Å². The molecule has 0 aromatic carbocycles. The van der Waals surface area contributed by atoms with Crippen LogP contribution in [0.5, 0.6) is 0 Å². The fourth-order valence-corrected chi connectivity index (χ4v) is 2.69. The molecule has 5 nitrogen and oxygen atoms in total. The molecular weight excluding hydrogens is 320 g/mol. The van der Waals surface area contributed by atoms with Crippen LogP contribution in [0.2, 0.25) is 0 Å². The molecule has 152 valence electrons. The summed E-state index contributed by atoms with van der Waals surface area (Å²) in [6.45, 7) is 2.02. The van der Waals surface area contributed by atoms with E-state index >= 15 is 0 Å². The largest absolute Gasteiger partial charge is 0.394 e. The van der Waals surface area contributed by atoms with Crippen LogP contribution in [-0.4, -0.2) is 34.7 Å². The van der Waals surface area contributed by atoms with Gasteiger partial charge in [-0.2, -0.15) is 5.26 Å². The second kappa shape index (κ2) is 25.6. The summed E-state index contributed by atoms with van der Waals surface area (Å²) >= 11 is 0. The highest BCUT2D eigenvalue weighted by molar-refractivity contribution is 5.68. The van der Waals surface area contributed by atoms with Gasteiger partial charge in [-0.25, -0.2) is 4.79 Å². The van der Waals surface area contributed by atoms with Crippen molar-refractivity contribution in [1.29, 1.82) is 0 Å². The third kappa shape index (κ3) is 28.4. The second-order valence-corrected chi connectivity index (χ2v) is 6.61. The van der Waals surface area contributed by atoms with Crippen LogP contribution in [0.15, 0.2) is 0 Å². The number of carbonyl (C=O) groups is 1. The van der Waals surface area contributed by atoms with Gasteiger partial charge in [0.15, 0.2) is 0 Å². The average molecular weight is 363 g/mol. The molecule has 3 N–H and O–H groups in total. The van der Waals surface area contributed by atoms with Crippen molar-refractivity contribution < 1.29 is 25.2 Å². The molecule has 0 bridgehead atoms. The van der Waals surface area contributed by atoms with Gasteiger partial charge in [0.1, 0.15) is 0 Å². The number of aliphatic hydroxyl groups excluding tert-OH is 2. The lowest BCUT2D eigenvalue weighted by Crippen LogP contribution is -1.99. The summed E-state index contributed by atoms with van der Waals surface area (Å²) in [6.07, 6.45) is 20.0. The number of carbonyl (C=O) groups excluding carboxylic acids is 1. The maximum Gasteiger partial charge on any atom is 0.342 e. The third-order valence-electron chi connectivity index (χ3n) is 4.19. The van der Waals surface area contributed by atoms with E-state index in [1.54, 1.807) is 0 Å². The topological polar surface area (TPSA) is 87.0 Å². The zero-order chi connectivity index (χ0) is 19.0.